The highest BCUT2D eigenvalue weighted by Gasteiger charge is 2.26. The summed E-state index contributed by atoms with van der Waals surface area (Å²) in [5.41, 5.74) is 3.58. The number of nitrogens with zero attached hydrogens (tertiary/aromatic N) is 5. The number of hydrogen-bond donors (Lipinski definition) is 0. The van der Waals surface area contributed by atoms with Crippen molar-refractivity contribution in [2.24, 2.45) is 0 Å². The minimum absolute atomic E-state index is 0.0303. The van der Waals surface area contributed by atoms with E-state index >= 15 is 0 Å². The Hall–Kier alpha value is -3.29. The summed E-state index contributed by atoms with van der Waals surface area (Å²) in [7, 11) is 0. The van der Waals surface area contributed by atoms with E-state index in [0.717, 1.165) is 35.9 Å². The summed E-state index contributed by atoms with van der Waals surface area (Å²) in [5, 5.41) is 6.80. The van der Waals surface area contributed by atoms with Gasteiger partial charge in [0.25, 0.3) is 5.91 Å². The van der Waals surface area contributed by atoms with Crippen molar-refractivity contribution in [1.29, 1.82) is 0 Å². The second-order valence-electron chi connectivity index (χ2n) is 7.56. The van der Waals surface area contributed by atoms with Crippen molar-refractivity contribution in [1.82, 2.24) is 24.6 Å². The smallest absolute Gasteiger partial charge is 0.272 e. The maximum atomic E-state index is 13.5. The van der Waals surface area contributed by atoms with Crippen LogP contribution >= 0.6 is 11.3 Å². The SMILES string of the molecule is O=C(c1cc(-c2cccs2)nn1-c1ccccc1)N1CCN(Cc2ccncc2)CC1. The lowest BCUT2D eigenvalue weighted by Crippen LogP contribution is -2.48. The number of carbonyl (C=O) groups is 1. The molecule has 4 aromatic rings. The predicted octanol–water partition coefficient (Wildman–Crippen LogP) is 3.95. The Morgan fingerprint density at radius 2 is 1.71 bits per heavy atom. The molecule has 0 aliphatic carbocycles. The Kier molecular flexibility index (Phi) is 5.60. The van der Waals surface area contributed by atoms with Crippen molar-refractivity contribution >= 4 is 17.2 Å². The molecule has 0 unspecified atom stereocenters. The van der Waals surface area contributed by atoms with Crippen LogP contribution in [-0.2, 0) is 6.54 Å². The molecule has 6 nitrogen and oxygen atoms in total. The van der Waals surface area contributed by atoms with E-state index in [2.05, 4.69) is 9.88 Å². The molecule has 5 rings (SSSR count). The molecule has 1 fully saturated rings. The van der Waals surface area contributed by atoms with E-state index in [-0.39, 0.29) is 5.91 Å². The van der Waals surface area contributed by atoms with Crippen LogP contribution in [0, 0.1) is 0 Å². The maximum absolute atomic E-state index is 13.5. The van der Waals surface area contributed by atoms with Gasteiger partial charge in [-0.1, -0.05) is 24.3 Å². The van der Waals surface area contributed by atoms with Crippen LogP contribution in [-0.4, -0.2) is 56.7 Å². The summed E-state index contributed by atoms with van der Waals surface area (Å²) in [5.74, 6) is 0.0303. The van der Waals surface area contributed by atoms with Gasteiger partial charge in [-0.25, -0.2) is 4.68 Å². The van der Waals surface area contributed by atoms with Gasteiger partial charge in [0.05, 0.1) is 10.6 Å². The molecule has 31 heavy (non-hydrogen) atoms. The third-order valence-electron chi connectivity index (χ3n) is 5.52. The van der Waals surface area contributed by atoms with Crippen LogP contribution in [0.1, 0.15) is 16.1 Å². The number of para-hydroxylation sites is 1. The van der Waals surface area contributed by atoms with Gasteiger partial charge < -0.3 is 4.90 Å². The van der Waals surface area contributed by atoms with Crippen LogP contribution in [0.25, 0.3) is 16.3 Å². The van der Waals surface area contributed by atoms with Gasteiger partial charge in [0, 0.05) is 45.1 Å². The second kappa shape index (κ2) is 8.83. The van der Waals surface area contributed by atoms with Gasteiger partial charge >= 0.3 is 0 Å². The monoisotopic (exact) mass is 429 g/mol. The van der Waals surface area contributed by atoms with E-state index in [0.29, 0.717) is 18.8 Å². The van der Waals surface area contributed by atoms with E-state index in [1.807, 2.05) is 83.3 Å². The third-order valence-corrected chi connectivity index (χ3v) is 6.41. The Morgan fingerprint density at radius 1 is 0.935 bits per heavy atom. The molecule has 0 atom stereocenters. The quantitative estimate of drug-likeness (QED) is 0.482. The number of hydrogen-bond acceptors (Lipinski definition) is 5. The summed E-state index contributed by atoms with van der Waals surface area (Å²) in [6, 6.07) is 19.9. The molecular formula is C24H23N5OS. The molecule has 0 spiro atoms. The fourth-order valence-corrected chi connectivity index (χ4v) is 4.54. The first-order valence-corrected chi connectivity index (χ1v) is 11.3. The minimum atomic E-state index is 0.0303. The molecule has 0 saturated carbocycles. The number of carbonyl (C=O) groups excluding carboxylic acids is 1. The topological polar surface area (TPSA) is 54.3 Å². The fraction of sp³-hybridized carbons (Fsp3) is 0.208. The van der Waals surface area contributed by atoms with E-state index in [4.69, 9.17) is 5.10 Å². The Bertz CT molecular complexity index is 1130. The number of aromatic nitrogens is 3. The molecular weight excluding hydrogens is 406 g/mol. The van der Waals surface area contributed by atoms with Gasteiger partial charge in [-0.3, -0.25) is 14.7 Å². The molecule has 3 aromatic heterocycles. The number of rotatable bonds is 5. The van der Waals surface area contributed by atoms with E-state index in [1.54, 1.807) is 16.0 Å². The van der Waals surface area contributed by atoms with Gasteiger partial charge in [-0.15, -0.1) is 11.3 Å². The molecule has 1 aliphatic rings. The molecule has 0 radical (unpaired) electrons. The lowest BCUT2D eigenvalue weighted by molar-refractivity contribution is 0.0619. The number of amides is 1. The molecule has 1 saturated heterocycles. The molecule has 1 amide bonds. The zero-order valence-corrected chi connectivity index (χ0v) is 17.9. The van der Waals surface area contributed by atoms with Crippen LogP contribution < -0.4 is 0 Å². The van der Waals surface area contributed by atoms with Gasteiger partial charge in [0.2, 0.25) is 0 Å². The average Bonchev–Trinajstić information content (AvgIpc) is 3.51. The van der Waals surface area contributed by atoms with Crippen molar-refractivity contribution in [3.05, 3.63) is 89.7 Å². The largest absolute Gasteiger partial charge is 0.335 e. The average molecular weight is 430 g/mol. The van der Waals surface area contributed by atoms with E-state index in [1.165, 1.54) is 5.56 Å². The van der Waals surface area contributed by atoms with Crippen LogP contribution in [0.3, 0.4) is 0 Å². The third kappa shape index (κ3) is 4.28. The summed E-state index contributed by atoms with van der Waals surface area (Å²) >= 11 is 1.63. The standard InChI is InChI=1S/C24H23N5OS/c30-24(28-14-12-27(13-15-28)18-19-8-10-25-11-9-19)22-17-21(23-7-4-16-31-23)26-29(22)20-5-2-1-3-6-20/h1-11,16-17H,12-15,18H2. The zero-order chi connectivity index (χ0) is 21.0. The van der Waals surface area contributed by atoms with E-state index < -0.39 is 0 Å². The Labute approximate surface area is 185 Å². The van der Waals surface area contributed by atoms with Crippen molar-refractivity contribution in [3.63, 3.8) is 0 Å². The molecule has 0 bridgehead atoms. The lowest BCUT2D eigenvalue weighted by atomic mass is 10.2. The zero-order valence-electron chi connectivity index (χ0n) is 17.1. The minimum Gasteiger partial charge on any atom is -0.335 e. The Balaban J connectivity index is 1.35. The first-order chi connectivity index (χ1) is 15.3. The Morgan fingerprint density at radius 3 is 2.42 bits per heavy atom. The van der Waals surface area contributed by atoms with Gasteiger partial charge in [-0.2, -0.15) is 5.10 Å². The summed E-state index contributed by atoms with van der Waals surface area (Å²) < 4.78 is 1.78. The second-order valence-corrected chi connectivity index (χ2v) is 8.51. The van der Waals surface area contributed by atoms with Gasteiger partial charge in [0.1, 0.15) is 11.4 Å². The van der Waals surface area contributed by atoms with Crippen molar-refractivity contribution in [2.75, 3.05) is 26.2 Å². The summed E-state index contributed by atoms with van der Waals surface area (Å²) in [6.45, 7) is 4.00. The molecule has 7 heteroatoms. The van der Waals surface area contributed by atoms with Crippen molar-refractivity contribution < 1.29 is 4.79 Å². The molecule has 4 heterocycles. The van der Waals surface area contributed by atoms with Gasteiger partial charge in [0.15, 0.2) is 0 Å². The highest BCUT2D eigenvalue weighted by Crippen LogP contribution is 2.26. The molecule has 1 aliphatic heterocycles. The van der Waals surface area contributed by atoms with Crippen LogP contribution in [0.5, 0.6) is 0 Å². The predicted molar refractivity (Wildman–Crippen MR) is 122 cm³/mol. The summed E-state index contributed by atoms with van der Waals surface area (Å²) in [4.78, 5) is 22.9. The first kappa shape index (κ1) is 19.7. The first-order valence-electron chi connectivity index (χ1n) is 10.4. The molecule has 1 aromatic carbocycles. The summed E-state index contributed by atoms with van der Waals surface area (Å²) in [6.07, 6.45) is 3.65. The number of pyridine rings is 1. The number of piperazine rings is 1. The fourth-order valence-electron chi connectivity index (χ4n) is 3.86. The van der Waals surface area contributed by atoms with Crippen LogP contribution in [0.15, 0.2) is 78.4 Å². The number of thiophene rings is 1. The van der Waals surface area contributed by atoms with Gasteiger partial charge in [-0.05, 0) is 47.3 Å². The van der Waals surface area contributed by atoms with Crippen LogP contribution in [0.2, 0.25) is 0 Å². The van der Waals surface area contributed by atoms with Crippen LogP contribution in [0.4, 0.5) is 0 Å². The highest BCUT2D eigenvalue weighted by atomic mass is 32.1. The normalized spacial score (nSPS) is 14.6. The highest BCUT2D eigenvalue weighted by molar-refractivity contribution is 7.13. The number of benzene rings is 1. The van der Waals surface area contributed by atoms with Crippen molar-refractivity contribution in [2.45, 2.75) is 6.54 Å². The van der Waals surface area contributed by atoms with Crippen molar-refractivity contribution in [3.8, 4) is 16.3 Å². The molecule has 156 valence electrons. The molecule has 0 N–H and O–H groups in total. The lowest BCUT2D eigenvalue weighted by Gasteiger charge is -2.34. The maximum Gasteiger partial charge on any atom is 0.272 e. The van der Waals surface area contributed by atoms with E-state index in [9.17, 15) is 4.79 Å².